The Morgan fingerprint density at radius 3 is 2.76 bits per heavy atom. The third-order valence-electron chi connectivity index (χ3n) is 4.46. The molecule has 0 bridgehead atoms. The van der Waals surface area contributed by atoms with Crippen LogP contribution in [0.3, 0.4) is 0 Å². The first kappa shape index (κ1) is 21.0. The van der Waals surface area contributed by atoms with Crippen LogP contribution in [0.4, 0.5) is 0 Å². The van der Waals surface area contributed by atoms with Crippen molar-refractivity contribution in [3.05, 3.63) is 46.7 Å². The maximum absolute atomic E-state index is 11.2. The average Bonchev–Trinajstić information content (AvgIpc) is 3.14. The number of halogens is 1. The van der Waals surface area contributed by atoms with Gasteiger partial charge in [-0.2, -0.15) is 4.98 Å². The van der Waals surface area contributed by atoms with Crippen LogP contribution < -0.4 is 4.74 Å². The van der Waals surface area contributed by atoms with Crippen LogP contribution in [0, 0.1) is 6.92 Å². The Kier molecular flexibility index (Phi) is 6.64. The minimum atomic E-state index is 0.0349. The number of carbonyl (C=O) groups is 1. The van der Waals surface area contributed by atoms with E-state index < -0.39 is 0 Å². The molecule has 1 aromatic carbocycles. The molecule has 2 heterocycles. The lowest BCUT2D eigenvalue weighted by atomic mass is 10.0. The molecule has 7 heteroatoms. The van der Waals surface area contributed by atoms with E-state index in [1.54, 1.807) is 25.3 Å². The Labute approximate surface area is 175 Å². The van der Waals surface area contributed by atoms with Crippen molar-refractivity contribution >= 4 is 17.4 Å². The highest BCUT2D eigenvalue weighted by molar-refractivity contribution is 6.32. The first-order valence-corrected chi connectivity index (χ1v) is 9.97. The molecule has 6 nitrogen and oxygen atoms in total. The van der Waals surface area contributed by atoms with Crippen molar-refractivity contribution in [2.24, 2.45) is 0 Å². The van der Waals surface area contributed by atoms with Gasteiger partial charge in [-0.3, -0.25) is 4.98 Å². The molecule has 0 aliphatic heterocycles. The summed E-state index contributed by atoms with van der Waals surface area (Å²) in [5, 5.41) is 4.62. The van der Waals surface area contributed by atoms with Crippen LogP contribution in [0.15, 0.2) is 35.0 Å². The lowest BCUT2D eigenvalue weighted by molar-refractivity contribution is -0.117. The number of ether oxygens (including phenoxy) is 1. The Morgan fingerprint density at radius 2 is 2.07 bits per heavy atom. The van der Waals surface area contributed by atoms with Gasteiger partial charge in [0.05, 0.1) is 11.1 Å². The Morgan fingerprint density at radius 1 is 1.28 bits per heavy atom. The van der Waals surface area contributed by atoms with Crippen molar-refractivity contribution in [3.8, 4) is 28.6 Å². The van der Waals surface area contributed by atoms with Crippen LogP contribution in [0.2, 0.25) is 5.02 Å². The van der Waals surface area contributed by atoms with Crippen LogP contribution in [0.25, 0.3) is 22.8 Å². The molecule has 0 saturated heterocycles. The number of Topliss-reactive ketones (excluding diaryl/α,β-unsaturated/α-hetero) is 1. The molecule has 0 aliphatic rings. The predicted molar refractivity (Wildman–Crippen MR) is 112 cm³/mol. The summed E-state index contributed by atoms with van der Waals surface area (Å²) >= 11 is 6.32. The second kappa shape index (κ2) is 9.18. The summed E-state index contributed by atoms with van der Waals surface area (Å²) in [5.74, 6) is 1.68. The summed E-state index contributed by atoms with van der Waals surface area (Å²) in [6, 6.07) is 7.26. The molecule has 29 heavy (non-hydrogen) atoms. The van der Waals surface area contributed by atoms with Crippen LogP contribution in [-0.2, 0) is 11.2 Å². The zero-order chi connectivity index (χ0) is 21.0. The van der Waals surface area contributed by atoms with E-state index in [2.05, 4.69) is 15.1 Å². The van der Waals surface area contributed by atoms with Gasteiger partial charge in [0.25, 0.3) is 5.89 Å². The highest BCUT2D eigenvalue weighted by atomic mass is 35.5. The van der Waals surface area contributed by atoms with E-state index >= 15 is 0 Å². The second-order valence-corrected chi connectivity index (χ2v) is 7.63. The lowest BCUT2D eigenvalue weighted by Crippen LogP contribution is -2.05. The van der Waals surface area contributed by atoms with E-state index in [4.69, 9.17) is 20.9 Å². The van der Waals surface area contributed by atoms with Crippen molar-refractivity contribution < 1.29 is 14.1 Å². The van der Waals surface area contributed by atoms with E-state index in [1.807, 2.05) is 32.9 Å². The van der Waals surface area contributed by atoms with Crippen LogP contribution >= 0.6 is 11.6 Å². The maximum atomic E-state index is 11.2. The van der Waals surface area contributed by atoms with Gasteiger partial charge in [-0.1, -0.05) is 16.8 Å². The summed E-state index contributed by atoms with van der Waals surface area (Å²) in [4.78, 5) is 20.1. The van der Waals surface area contributed by atoms with Gasteiger partial charge in [-0.25, -0.2) is 0 Å². The van der Waals surface area contributed by atoms with Crippen molar-refractivity contribution in [3.63, 3.8) is 0 Å². The monoisotopic (exact) mass is 413 g/mol. The molecule has 0 atom stereocenters. The van der Waals surface area contributed by atoms with Crippen molar-refractivity contribution in [2.45, 2.75) is 53.1 Å². The van der Waals surface area contributed by atoms with Crippen molar-refractivity contribution in [2.75, 3.05) is 0 Å². The molecular weight excluding hydrogens is 390 g/mol. The number of nitrogens with zero attached hydrogens (tertiary/aromatic N) is 3. The molecule has 0 fully saturated rings. The number of rotatable bonds is 8. The molecule has 0 saturated carbocycles. The van der Waals surface area contributed by atoms with Crippen LogP contribution in [-0.4, -0.2) is 27.0 Å². The number of aromatic nitrogens is 3. The zero-order valence-corrected chi connectivity index (χ0v) is 17.8. The first-order valence-electron chi connectivity index (χ1n) is 9.59. The molecule has 152 valence electrons. The SMILES string of the molecule is CC(=O)CCCc1nccc(-c2noc(-c3ccc(OC(C)C)c(Cl)c3)n2)c1C. The molecule has 3 aromatic rings. The quantitative estimate of drug-likeness (QED) is 0.488. The van der Waals surface area contributed by atoms with Crippen LogP contribution in [0.1, 0.15) is 44.9 Å². The van der Waals surface area contributed by atoms with Gasteiger partial charge in [0.15, 0.2) is 0 Å². The fraction of sp³-hybridized carbons (Fsp3) is 0.364. The zero-order valence-electron chi connectivity index (χ0n) is 17.0. The van der Waals surface area contributed by atoms with E-state index in [1.165, 1.54) is 0 Å². The maximum Gasteiger partial charge on any atom is 0.258 e. The minimum absolute atomic E-state index is 0.0349. The Bertz CT molecular complexity index is 1010. The number of carbonyl (C=O) groups excluding carboxylic acids is 1. The standard InChI is InChI=1S/C22H24ClN3O3/c1-13(2)28-20-9-8-16(12-18(20)23)22-25-21(26-29-22)17-10-11-24-19(15(17)4)7-5-6-14(3)27/h8-13H,5-7H2,1-4H3. The average molecular weight is 414 g/mol. The van der Waals surface area contributed by atoms with Gasteiger partial charge in [-0.15, -0.1) is 0 Å². The smallest absolute Gasteiger partial charge is 0.258 e. The van der Waals surface area contributed by atoms with E-state index in [0.29, 0.717) is 28.9 Å². The first-order chi connectivity index (χ1) is 13.8. The third kappa shape index (κ3) is 5.21. The van der Waals surface area contributed by atoms with Gasteiger partial charge < -0.3 is 14.1 Å². The fourth-order valence-corrected chi connectivity index (χ4v) is 3.24. The summed E-state index contributed by atoms with van der Waals surface area (Å²) in [5.41, 5.74) is 3.51. The molecule has 0 unspecified atom stereocenters. The lowest BCUT2D eigenvalue weighted by Gasteiger charge is -2.11. The highest BCUT2D eigenvalue weighted by Gasteiger charge is 2.16. The molecule has 0 spiro atoms. The normalized spacial score (nSPS) is 11.1. The molecule has 0 radical (unpaired) electrons. The summed E-state index contributed by atoms with van der Waals surface area (Å²) < 4.78 is 11.1. The van der Waals surface area contributed by atoms with Crippen LogP contribution in [0.5, 0.6) is 5.75 Å². The van der Waals surface area contributed by atoms with Gasteiger partial charge in [0.2, 0.25) is 5.82 Å². The van der Waals surface area contributed by atoms with Gasteiger partial charge >= 0.3 is 0 Å². The number of hydrogen-bond donors (Lipinski definition) is 0. The van der Waals surface area contributed by atoms with Crippen molar-refractivity contribution in [1.82, 2.24) is 15.1 Å². The van der Waals surface area contributed by atoms with Gasteiger partial charge in [0, 0.05) is 29.4 Å². The number of hydrogen-bond acceptors (Lipinski definition) is 6. The number of pyridine rings is 1. The largest absolute Gasteiger partial charge is 0.489 e. The topological polar surface area (TPSA) is 78.1 Å². The second-order valence-electron chi connectivity index (χ2n) is 7.22. The summed E-state index contributed by atoms with van der Waals surface area (Å²) in [6.45, 7) is 7.47. The molecule has 2 aromatic heterocycles. The summed E-state index contributed by atoms with van der Waals surface area (Å²) in [7, 11) is 0. The third-order valence-corrected chi connectivity index (χ3v) is 4.75. The van der Waals surface area contributed by atoms with E-state index in [-0.39, 0.29) is 11.9 Å². The minimum Gasteiger partial charge on any atom is -0.489 e. The highest BCUT2D eigenvalue weighted by Crippen LogP contribution is 2.32. The van der Waals surface area contributed by atoms with E-state index in [9.17, 15) is 4.79 Å². The Hall–Kier alpha value is -2.73. The number of aryl methyl sites for hydroxylation is 1. The predicted octanol–water partition coefficient (Wildman–Crippen LogP) is 5.46. The Balaban J connectivity index is 1.83. The molecular formula is C22H24ClN3O3. The van der Waals surface area contributed by atoms with E-state index in [0.717, 1.165) is 35.2 Å². The molecule has 0 N–H and O–H groups in total. The summed E-state index contributed by atoms with van der Waals surface area (Å²) in [6.07, 6.45) is 3.82. The molecule has 0 aliphatic carbocycles. The number of ketones is 1. The van der Waals surface area contributed by atoms with Gasteiger partial charge in [0.1, 0.15) is 11.5 Å². The molecule has 0 amide bonds. The molecule has 3 rings (SSSR count). The van der Waals surface area contributed by atoms with Gasteiger partial charge in [-0.05, 0) is 70.4 Å². The number of benzene rings is 1. The van der Waals surface area contributed by atoms with Crippen molar-refractivity contribution in [1.29, 1.82) is 0 Å². The fourth-order valence-electron chi connectivity index (χ4n) is 3.01.